The zero-order chi connectivity index (χ0) is 25.6. The highest BCUT2D eigenvalue weighted by atomic mass is 32.2. The largest absolute Gasteiger partial charge is 0.477 e. The first-order valence-electron chi connectivity index (χ1n) is 10.8. The van der Waals surface area contributed by atoms with Crippen LogP contribution in [0.1, 0.15) is 11.4 Å². The zero-order valence-corrected chi connectivity index (χ0v) is 20.9. The van der Waals surface area contributed by atoms with E-state index in [2.05, 4.69) is 15.5 Å². The number of carbonyl (C=O) groups excluding carboxylic acids is 2. The second-order valence-electron chi connectivity index (χ2n) is 8.13. The maximum absolute atomic E-state index is 13.1. The van der Waals surface area contributed by atoms with Crippen molar-refractivity contribution in [1.29, 1.82) is 0 Å². The average molecular weight is 529 g/mol. The van der Waals surface area contributed by atoms with E-state index in [4.69, 9.17) is 10.6 Å². The number of β-lactam (4-membered cyclic amide) rings is 1. The van der Waals surface area contributed by atoms with Crippen LogP contribution < -0.4 is 15.5 Å². The Balaban J connectivity index is 1.39. The molecule has 0 aliphatic carbocycles. The number of anilines is 1. The van der Waals surface area contributed by atoms with Gasteiger partial charge in [0, 0.05) is 29.7 Å². The molecule has 0 aromatic carbocycles. The molecule has 0 bridgehead atoms. The minimum atomic E-state index is -1.19. The molecule has 5 heterocycles. The number of aryl methyl sites for hydroxylation is 1. The Bertz CT molecular complexity index is 1460. The van der Waals surface area contributed by atoms with Crippen LogP contribution in [0.3, 0.4) is 0 Å². The van der Waals surface area contributed by atoms with Gasteiger partial charge in [-0.2, -0.15) is 0 Å². The van der Waals surface area contributed by atoms with Gasteiger partial charge in [0.25, 0.3) is 17.5 Å². The van der Waals surface area contributed by atoms with Crippen LogP contribution in [0.4, 0.5) is 5.13 Å². The van der Waals surface area contributed by atoms with Gasteiger partial charge in [-0.05, 0) is 6.07 Å². The summed E-state index contributed by atoms with van der Waals surface area (Å²) in [6.07, 6.45) is 3.88. The van der Waals surface area contributed by atoms with E-state index in [0.717, 1.165) is 22.7 Å². The molecule has 36 heavy (non-hydrogen) atoms. The first-order chi connectivity index (χ1) is 17.3. The lowest BCUT2D eigenvalue weighted by Crippen LogP contribution is -2.71. The van der Waals surface area contributed by atoms with Crippen LogP contribution >= 0.6 is 23.1 Å². The molecule has 2 amide bonds. The summed E-state index contributed by atoms with van der Waals surface area (Å²) in [5.41, 5.74) is 8.19. The highest BCUT2D eigenvalue weighted by Gasteiger charge is 2.54. The van der Waals surface area contributed by atoms with E-state index >= 15 is 0 Å². The van der Waals surface area contributed by atoms with Crippen LogP contribution in [-0.2, 0) is 25.8 Å². The fourth-order valence-corrected chi connectivity index (χ4v) is 6.22. The van der Waals surface area contributed by atoms with E-state index in [1.165, 1.54) is 23.8 Å². The normalized spacial score (nSPS) is 19.8. The smallest absolute Gasteiger partial charge is 0.352 e. The summed E-state index contributed by atoms with van der Waals surface area (Å²) in [5.74, 6) is -1.97. The van der Waals surface area contributed by atoms with E-state index in [0.29, 0.717) is 17.9 Å². The van der Waals surface area contributed by atoms with Crippen LogP contribution in [-0.4, -0.2) is 67.3 Å². The molecule has 0 unspecified atom stereocenters. The minimum Gasteiger partial charge on any atom is -0.477 e. The molecule has 1 saturated heterocycles. The topological polar surface area (TPSA) is 156 Å². The lowest BCUT2D eigenvalue weighted by atomic mass is 10.0. The summed E-state index contributed by atoms with van der Waals surface area (Å²) < 4.78 is 3.97. The SMILES string of the molecule is CON=C(C(=O)N[C@@H]1C(=O)N2C(C(=O)O)=C(Cn3c(C)c[n+]4ccccc34)CS[C@@H]12)c1csc(N)n1. The molecular formula is C22H22N7O5S2+. The molecule has 1 fully saturated rings. The molecule has 186 valence electrons. The summed E-state index contributed by atoms with van der Waals surface area (Å²) in [6.45, 7) is 2.27. The monoisotopic (exact) mass is 528 g/mol. The van der Waals surface area contributed by atoms with Gasteiger partial charge in [-0.15, -0.1) is 23.1 Å². The fourth-order valence-electron chi connectivity index (χ4n) is 4.34. The van der Waals surface area contributed by atoms with E-state index in [-0.39, 0.29) is 22.2 Å². The van der Waals surface area contributed by atoms with Crippen molar-refractivity contribution in [2.45, 2.75) is 24.9 Å². The highest BCUT2D eigenvalue weighted by molar-refractivity contribution is 8.00. The van der Waals surface area contributed by atoms with Crippen molar-refractivity contribution in [3.63, 3.8) is 0 Å². The number of aliphatic carboxylic acids is 1. The number of hydrogen-bond donors (Lipinski definition) is 3. The number of nitrogens with two attached hydrogens (primary N) is 1. The third-order valence-corrected chi connectivity index (χ3v) is 7.96. The van der Waals surface area contributed by atoms with Gasteiger partial charge in [0.2, 0.25) is 0 Å². The van der Waals surface area contributed by atoms with Crippen molar-refractivity contribution in [3.05, 3.63) is 58.6 Å². The molecule has 0 spiro atoms. The summed E-state index contributed by atoms with van der Waals surface area (Å²) in [6, 6.07) is 4.86. The van der Waals surface area contributed by atoms with Gasteiger partial charge in [0.05, 0.1) is 6.20 Å². The second kappa shape index (κ2) is 9.28. The standard InChI is InChI=1S/C22H21N7O5S2/c1-11-7-27-6-4-3-5-14(27)28(11)8-12-9-35-20-16(19(31)29(20)17(12)21(32)33)25-18(30)15(26-34-2)13-10-36-22(23)24-13/h3-7,10,16,20H,8-9H2,1-2H3,(H3-,23,24,25,30,32,33)/p+1/t16-,20+/m1/s1. The number of nitrogens with zero attached hydrogens (tertiary/aromatic N) is 5. The zero-order valence-electron chi connectivity index (χ0n) is 19.2. The third-order valence-electron chi connectivity index (χ3n) is 5.94. The number of nitrogen functional groups attached to an aromatic ring is 1. The Labute approximate surface area is 213 Å². The maximum Gasteiger partial charge on any atom is 0.352 e. The number of carboxylic acid groups (broad SMARTS) is 1. The lowest BCUT2D eigenvalue weighted by molar-refractivity contribution is -0.510. The van der Waals surface area contributed by atoms with Crippen LogP contribution in [0.25, 0.3) is 5.65 Å². The van der Waals surface area contributed by atoms with Crippen molar-refractivity contribution in [2.75, 3.05) is 18.6 Å². The number of amides is 2. The van der Waals surface area contributed by atoms with Gasteiger partial charge in [-0.1, -0.05) is 11.2 Å². The van der Waals surface area contributed by atoms with Crippen LogP contribution in [0.15, 0.2) is 52.4 Å². The van der Waals surface area contributed by atoms with Gasteiger partial charge >= 0.3 is 5.97 Å². The fraction of sp³-hybridized carbons (Fsp3) is 0.273. The van der Waals surface area contributed by atoms with Crippen LogP contribution in [0, 0.1) is 6.92 Å². The number of carbonyl (C=O) groups is 3. The summed E-state index contributed by atoms with van der Waals surface area (Å²) >= 11 is 2.53. The van der Waals surface area contributed by atoms with E-state index in [1.807, 2.05) is 46.5 Å². The first-order valence-corrected chi connectivity index (χ1v) is 12.7. The highest BCUT2D eigenvalue weighted by Crippen LogP contribution is 2.41. The average Bonchev–Trinajstić information content (AvgIpc) is 3.42. The molecule has 4 N–H and O–H groups in total. The summed E-state index contributed by atoms with van der Waals surface area (Å²) in [5, 5.41) is 17.7. The van der Waals surface area contributed by atoms with E-state index < -0.39 is 29.2 Å². The Kier molecular flexibility index (Phi) is 6.14. The molecule has 0 saturated carbocycles. The predicted octanol–water partition coefficient (Wildman–Crippen LogP) is 0.363. The molecule has 2 atom stereocenters. The Morgan fingerprint density at radius 1 is 1.42 bits per heavy atom. The quantitative estimate of drug-likeness (QED) is 0.172. The molecule has 0 radical (unpaired) electrons. The van der Waals surface area contributed by atoms with Crippen molar-refractivity contribution >= 4 is 57.4 Å². The molecule has 12 nitrogen and oxygen atoms in total. The second-order valence-corrected chi connectivity index (χ2v) is 10.1. The molecule has 2 aliphatic heterocycles. The van der Waals surface area contributed by atoms with Crippen LogP contribution in [0.2, 0.25) is 0 Å². The predicted molar refractivity (Wildman–Crippen MR) is 132 cm³/mol. The summed E-state index contributed by atoms with van der Waals surface area (Å²) in [7, 11) is 1.29. The van der Waals surface area contributed by atoms with Gasteiger partial charge in [-0.3, -0.25) is 14.5 Å². The van der Waals surface area contributed by atoms with Crippen molar-refractivity contribution < 1.29 is 28.7 Å². The molecule has 3 aromatic rings. The van der Waals surface area contributed by atoms with Crippen molar-refractivity contribution in [1.82, 2.24) is 19.8 Å². The Hall–Kier alpha value is -3.91. The number of oxime groups is 1. The van der Waals surface area contributed by atoms with Gasteiger partial charge in [0.1, 0.15) is 48.4 Å². The third kappa shape index (κ3) is 3.97. The number of thioether (sulfide) groups is 1. The van der Waals surface area contributed by atoms with Gasteiger partial charge in [-0.25, -0.2) is 18.7 Å². The van der Waals surface area contributed by atoms with E-state index in [1.54, 1.807) is 5.38 Å². The number of rotatable bonds is 7. The molecule has 3 aromatic heterocycles. The van der Waals surface area contributed by atoms with E-state index in [9.17, 15) is 19.5 Å². The number of hydrogen-bond acceptors (Lipinski definition) is 9. The van der Waals surface area contributed by atoms with Gasteiger partial charge < -0.3 is 21.0 Å². The molecule has 14 heteroatoms. The molecule has 2 aliphatic rings. The first kappa shape index (κ1) is 23.8. The van der Waals surface area contributed by atoms with Crippen molar-refractivity contribution in [2.24, 2.45) is 5.16 Å². The number of imidazole rings is 1. The lowest BCUT2D eigenvalue weighted by Gasteiger charge is -2.49. The maximum atomic E-state index is 13.1. The van der Waals surface area contributed by atoms with Gasteiger partial charge in [0.15, 0.2) is 10.8 Å². The van der Waals surface area contributed by atoms with Crippen LogP contribution in [0.5, 0.6) is 0 Å². The van der Waals surface area contributed by atoms with Crippen molar-refractivity contribution in [3.8, 4) is 0 Å². The number of aromatic nitrogens is 3. The summed E-state index contributed by atoms with van der Waals surface area (Å²) in [4.78, 5) is 48.3. The Morgan fingerprint density at radius 3 is 2.92 bits per heavy atom. The number of fused-ring (bicyclic) bond motifs is 2. The molecule has 5 rings (SSSR count). The number of nitrogens with one attached hydrogen (secondary N) is 1. The minimum absolute atomic E-state index is 0.0468. The Morgan fingerprint density at radius 2 is 2.22 bits per heavy atom. The number of pyridine rings is 1. The molecular weight excluding hydrogens is 506 g/mol. The number of carboxylic acids is 1. The number of thiazole rings is 1.